The highest BCUT2D eigenvalue weighted by molar-refractivity contribution is 7.99. The summed E-state index contributed by atoms with van der Waals surface area (Å²) in [6.45, 7) is 5.24. The van der Waals surface area contributed by atoms with Crippen LogP contribution in [0, 0.1) is 0 Å². The molecule has 23 heavy (non-hydrogen) atoms. The van der Waals surface area contributed by atoms with Gasteiger partial charge in [-0.2, -0.15) is 23.5 Å². The van der Waals surface area contributed by atoms with Gasteiger partial charge in [-0.1, -0.05) is 33.1 Å². The van der Waals surface area contributed by atoms with Crippen molar-refractivity contribution >= 4 is 35.5 Å². The van der Waals surface area contributed by atoms with E-state index in [9.17, 15) is 9.59 Å². The number of esters is 2. The molecule has 0 aliphatic rings. The van der Waals surface area contributed by atoms with Crippen LogP contribution in [0.1, 0.15) is 58.8 Å². The van der Waals surface area contributed by atoms with E-state index in [-0.39, 0.29) is 11.9 Å². The van der Waals surface area contributed by atoms with Crippen LogP contribution in [0.2, 0.25) is 0 Å². The van der Waals surface area contributed by atoms with E-state index in [1.165, 1.54) is 0 Å². The first-order valence-electron chi connectivity index (χ1n) is 8.67. The first-order valence-corrected chi connectivity index (χ1v) is 11.0. The molecule has 6 heteroatoms. The predicted molar refractivity (Wildman–Crippen MR) is 100 cm³/mol. The first-order chi connectivity index (χ1) is 11.2. The Morgan fingerprint density at radius 3 is 1.48 bits per heavy atom. The van der Waals surface area contributed by atoms with Gasteiger partial charge in [0.05, 0.1) is 0 Å². The van der Waals surface area contributed by atoms with Gasteiger partial charge >= 0.3 is 11.9 Å². The normalized spacial score (nSPS) is 10.5. The standard InChI is InChI=1S/C17H32O4S2/c1-3-22-14-12-20-16(18)10-8-6-5-7-9-11-17(19)21-13-15-23-4-2/h3-15H2,1-2H3. The summed E-state index contributed by atoms with van der Waals surface area (Å²) in [7, 11) is 0. The van der Waals surface area contributed by atoms with Gasteiger partial charge in [-0.3, -0.25) is 9.59 Å². The van der Waals surface area contributed by atoms with E-state index in [0.717, 1.165) is 55.1 Å². The van der Waals surface area contributed by atoms with Crippen molar-refractivity contribution in [3.63, 3.8) is 0 Å². The number of carbonyl (C=O) groups is 2. The summed E-state index contributed by atoms with van der Waals surface area (Å²) in [5.74, 6) is 3.71. The van der Waals surface area contributed by atoms with Crippen molar-refractivity contribution in [3.8, 4) is 0 Å². The van der Waals surface area contributed by atoms with Gasteiger partial charge in [0, 0.05) is 24.3 Å². The zero-order valence-electron chi connectivity index (χ0n) is 14.6. The molecule has 4 nitrogen and oxygen atoms in total. The molecule has 0 unspecified atom stereocenters. The predicted octanol–water partition coefficient (Wildman–Crippen LogP) is 4.31. The molecule has 0 fully saturated rings. The van der Waals surface area contributed by atoms with Crippen LogP contribution in [-0.4, -0.2) is 48.2 Å². The van der Waals surface area contributed by atoms with Gasteiger partial charge < -0.3 is 9.47 Å². The summed E-state index contributed by atoms with van der Waals surface area (Å²) in [5.41, 5.74) is 0. The van der Waals surface area contributed by atoms with Gasteiger partial charge in [0.1, 0.15) is 13.2 Å². The molecular weight excluding hydrogens is 332 g/mol. The zero-order valence-corrected chi connectivity index (χ0v) is 16.3. The van der Waals surface area contributed by atoms with Crippen LogP contribution in [0.5, 0.6) is 0 Å². The van der Waals surface area contributed by atoms with Gasteiger partial charge in [0.2, 0.25) is 0 Å². The van der Waals surface area contributed by atoms with E-state index in [4.69, 9.17) is 9.47 Å². The number of rotatable bonds is 16. The lowest BCUT2D eigenvalue weighted by molar-refractivity contribution is -0.143. The topological polar surface area (TPSA) is 52.6 Å². The fourth-order valence-corrected chi connectivity index (χ4v) is 2.91. The molecule has 0 radical (unpaired) electrons. The van der Waals surface area contributed by atoms with Gasteiger partial charge in [0.25, 0.3) is 0 Å². The number of ether oxygens (including phenoxy) is 2. The molecule has 0 atom stereocenters. The fourth-order valence-electron chi connectivity index (χ4n) is 1.93. The maximum Gasteiger partial charge on any atom is 0.305 e. The average Bonchev–Trinajstić information content (AvgIpc) is 2.54. The summed E-state index contributed by atoms with van der Waals surface area (Å²) in [6, 6.07) is 0. The molecule has 0 saturated carbocycles. The maximum absolute atomic E-state index is 11.4. The Hall–Kier alpha value is -0.360. The maximum atomic E-state index is 11.4. The Labute approximate surface area is 149 Å². The number of thioether (sulfide) groups is 2. The van der Waals surface area contributed by atoms with Crippen LogP contribution in [0.4, 0.5) is 0 Å². The van der Waals surface area contributed by atoms with E-state index in [1.54, 1.807) is 23.5 Å². The van der Waals surface area contributed by atoms with E-state index < -0.39 is 0 Å². The van der Waals surface area contributed by atoms with Gasteiger partial charge in [-0.25, -0.2) is 0 Å². The summed E-state index contributed by atoms with van der Waals surface area (Å²) in [4.78, 5) is 22.9. The lowest BCUT2D eigenvalue weighted by Crippen LogP contribution is -2.07. The number of carbonyl (C=O) groups excluding carboxylic acids is 2. The quantitative estimate of drug-likeness (QED) is 0.300. The van der Waals surface area contributed by atoms with Crippen LogP contribution >= 0.6 is 23.5 Å². The van der Waals surface area contributed by atoms with Crippen molar-refractivity contribution in [2.45, 2.75) is 58.8 Å². The van der Waals surface area contributed by atoms with Crippen LogP contribution in [-0.2, 0) is 19.1 Å². The number of hydrogen-bond donors (Lipinski definition) is 0. The van der Waals surface area contributed by atoms with E-state index in [0.29, 0.717) is 26.1 Å². The third-order valence-electron chi connectivity index (χ3n) is 3.15. The van der Waals surface area contributed by atoms with Crippen molar-refractivity contribution < 1.29 is 19.1 Å². The zero-order chi connectivity index (χ0) is 17.2. The molecule has 0 aromatic carbocycles. The lowest BCUT2D eigenvalue weighted by Gasteiger charge is -2.05. The molecule has 0 N–H and O–H groups in total. The van der Waals surface area contributed by atoms with Crippen molar-refractivity contribution in [2.75, 3.05) is 36.2 Å². The van der Waals surface area contributed by atoms with Crippen LogP contribution in [0.25, 0.3) is 0 Å². The number of hydrogen-bond acceptors (Lipinski definition) is 6. The highest BCUT2D eigenvalue weighted by atomic mass is 32.2. The Morgan fingerprint density at radius 1 is 0.696 bits per heavy atom. The molecule has 0 heterocycles. The minimum atomic E-state index is -0.0878. The van der Waals surface area contributed by atoms with Gasteiger partial charge in [0.15, 0.2) is 0 Å². The minimum Gasteiger partial charge on any atom is -0.465 e. The highest BCUT2D eigenvalue weighted by Gasteiger charge is 2.04. The summed E-state index contributed by atoms with van der Waals surface area (Å²) < 4.78 is 10.3. The molecule has 0 aliphatic carbocycles. The molecule has 0 aromatic heterocycles. The summed E-state index contributed by atoms with van der Waals surface area (Å²) >= 11 is 3.56. The molecule has 0 spiro atoms. The number of unbranched alkanes of at least 4 members (excludes halogenated alkanes) is 4. The van der Waals surface area contributed by atoms with Crippen LogP contribution in [0.3, 0.4) is 0 Å². The Balaban J connectivity index is 3.26. The van der Waals surface area contributed by atoms with E-state index in [1.807, 2.05) is 0 Å². The molecule has 0 aliphatic heterocycles. The molecule has 0 rings (SSSR count). The fraction of sp³-hybridized carbons (Fsp3) is 0.882. The molecule has 0 aromatic rings. The third-order valence-corrected chi connectivity index (χ3v) is 4.88. The SMILES string of the molecule is CCSCCOC(=O)CCCCCCCC(=O)OCCSCC. The molecule has 136 valence electrons. The second-order valence-electron chi connectivity index (χ2n) is 5.10. The Bertz CT molecular complexity index is 270. The summed E-state index contributed by atoms with van der Waals surface area (Å²) in [6.07, 6.45) is 5.85. The third kappa shape index (κ3) is 17.8. The van der Waals surface area contributed by atoms with Gasteiger partial charge in [-0.05, 0) is 24.3 Å². The van der Waals surface area contributed by atoms with Gasteiger partial charge in [-0.15, -0.1) is 0 Å². The lowest BCUT2D eigenvalue weighted by atomic mass is 10.1. The second kappa shape index (κ2) is 18.0. The highest BCUT2D eigenvalue weighted by Crippen LogP contribution is 2.09. The van der Waals surface area contributed by atoms with E-state index in [2.05, 4.69) is 13.8 Å². The molecular formula is C17H32O4S2. The van der Waals surface area contributed by atoms with Crippen molar-refractivity contribution in [2.24, 2.45) is 0 Å². The Morgan fingerprint density at radius 2 is 1.09 bits per heavy atom. The molecule has 0 saturated heterocycles. The largest absolute Gasteiger partial charge is 0.465 e. The molecule has 0 bridgehead atoms. The van der Waals surface area contributed by atoms with Crippen LogP contribution in [0.15, 0.2) is 0 Å². The van der Waals surface area contributed by atoms with Crippen LogP contribution < -0.4 is 0 Å². The Kier molecular flexibility index (Phi) is 17.7. The first kappa shape index (κ1) is 22.6. The van der Waals surface area contributed by atoms with Crippen molar-refractivity contribution in [3.05, 3.63) is 0 Å². The smallest absolute Gasteiger partial charge is 0.305 e. The average molecular weight is 365 g/mol. The minimum absolute atomic E-state index is 0.0878. The summed E-state index contributed by atoms with van der Waals surface area (Å²) in [5, 5.41) is 0. The van der Waals surface area contributed by atoms with Crippen molar-refractivity contribution in [1.82, 2.24) is 0 Å². The van der Waals surface area contributed by atoms with E-state index >= 15 is 0 Å². The molecule has 0 amide bonds. The second-order valence-corrected chi connectivity index (χ2v) is 7.89. The monoisotopic (exact) mass is 364 g/mol. The van der Waals surface area contributed by atoms with Crippen molar-refractivity contribution in [1.29, 1.82) is 0 Å².